The summed E-state index contributed by atoms with van der Waals surface area (Å²) in [6.07, 6.45) is -0.221. The monoisotopic (exact) mass is 429 g/mol. The molecular formula is C19H15N3O7S. The number of anilines is 1. The Balaban J connectivity index is 1.49. The molecule has 2 N–H and O–H groups in total. The predicted octanol–water partition coefficient (Wildman–Crippen LogP) is 0.441. The zero-order chi connectivity index (χ0) is 21.6. The van der Waals surface area contributed by atoms with Crippen molar-refractivity contribution in [3.63, 3.8) is 0 Å². The first kappa shape index (κ1) is 19.7. The molecule has 10 nitrogen and oxygen atoms in total. The van der Waals surface area contributed by atoms with Crippen molar-refractivity contribution < 1.29 is 32.4 Å². The van der Waals surface area contributed by atoms with Crippen LogP contribution in [0.1, 0.15) is 27.1 Å². The van der Waals surface area contributed by atoms with Crippen molar-refractivity contribution in [1.29, 1.82) is 0 Å². The van der Waals surface area contributed by atoms with E-state index in [0.29, 0.717) is 5.06 Å². The van der Waals surface area contributed by atoms with Crippen molar-refractivity contribution in [2.45, 2.75) is 11.3 Å². The van der Waals surface area contributed by atoms with Crippen LogP contribution in [0.2, 0.25) is 0 Å². The summed E-state index contributed by atoms with van der Waals surface area (Å²) in [6.45, 7) is -0.102. The van der Waals surface area contributed by atoms with Crippen LogP contribution >= 0.6 is 0 Å². The van der Waals surface area contributed by atoms with Gasteiger partial charge in [0.25, 0.3) is 11.8 Å². The SMILES string of the molecule is NS(=O)(=O)c1cccc(N2CC(C(=O)ON3C(=O)c4ccccc4C3=O)CC2=O)c1. The molecule has 30 heavy (non-hydrogen) atoms. The molecule has 2 aromatic carbocycles. The topological polar surface area (TPSA) is 144 Å². The Morgan fingerprint density at radius 3 is 2.23 bits per heavy atom. The van der Waals surface area contributed by atoms with Crippen LogP contribution < -0.4 is 10.0 Å². The Morgan fingerprint density at radius 2 is 1.63 bits per heavy atom. The van der Waals surface area contributed by atoms with Gasteiger partial charge in [0.05, 0.1) is 21.9 Å². The van der Waals surface area contributed by atoms with E-state index in [0.717, 1.165) is 0 Å². The van der Waals surface area contributed by atoms with Gasteiger partial charge in [-0.05, 0) is 30.3 Å². The third-order valence-electron chi connectivity index (χ3n) is 4.85. The lowest BCUT2D eigenvalue weighted by molar-refractivity contribution is -0.173. The van der Waals surface area contributed by atoms with Crippen molar-refractivity contribution in [2.24, 2.45) is 11.1 Å². The van der Waals surface area contributed by atoms with E-state index in [2.05, 4.69) is 0 Å². The van der Waals surface area contributed by atoms with E-state index >= 15 is 0 Å². The highest BCUT2D eigenvalue weighted by Crippen LogP contribution is 2.29. The van der Waals surface area contributed by atoms with E-state index < -0.39 is 39.6 Å². The molecule has 0 radical (unpaired) electrons. The van der Waals surface area contributed by atoms with Gasteiger partial charge in [-0.3, -0.25) is 14.4 Å². The highest BCUT2D eigenvalue weighted by Gasteiger charge is 2.42. The lowest BCUT2D eigenvalue weighted by Gasteiger charge is -2.18. The summed E-state index contributed by atoms with van der Waals surface area (Å²) >= 11 is 0. The normalized spacial score (nSPS) is 18.7. The number of carbonyl (C=O) groups excluding carboxylic acids is 4. The molecule has 2 aliphatic heterocycles. The Morgan fingerprint density at radius 1 is 1.00 bits per heavy atom. The fourth-order valence-corrected chi connectivity index (χ4v) is 3.91. The van der Waals surface area contributed by atoms with Crippen LogP contribution in [-0.2, 0) is 24.4 Å². The lowest BCUT2D eigenvalue weighted by atomic mass is 10.1. The number of hydrogen-bond donors (Lipinski definition) is 1. The van der Waals surface area contributed by atoms with Gasteiger partial charge in [-0.2, -0.15) is 0 Å². The molecule has 4 rings (SSSR count). The number of hydroxylamine groups is 2. The number of imide groups is 1. The van der Waals surface area contributed by atoms with Gasteiger partial charge in [-0.1, -0.05) is 23.3 Å². The molecule has 1 fully saturated rings. The Kier molecular flexibility index (Phi) is 4.63. The minimum Gasteiger partial charge on any atom is -0.329 e. The molecule has 11 heteroatoms. The van der Waals surface area contributed by atoms with Crippen molar-refractivity contribution in [2.75, 3.05) is 11.4 Å². The summed E-state index contributed by atoms with van der Waals surface area (Å²) < 4.78 is 23.1. The molecular weight excluding hydrogens is 414 g/mol. The van der Waals surface area contributed by atoms with Crippen molar-refractivity contribution in [1.82, 2.24) is 5.06 Å². The molecule has 3 amide bonds. The zero-order valence-corrected chi connectivity index (χ0v) is 16.2. The van der Waals surface area contributed by atoms with Crippen molar-refractivity contribution in [3.8, 4) is 0 Å². The average molecular weight is 429 g/mol. The fraction of sp³-hybridized carbons (Fsp3) is 0.158. The molecule has 0 spiro atoms. The summed E-state index contributed by atoms with van der Waals surface area (Å²) in [4.78, 5) is 55.6. The number of carbonyl (C=O) groups is 4. The fourth-order valence-electron chi connectivity index (χ4n) is 3.36. The van der Waals surface area contributed by atoms with E-state index in [1.54, 1.807) is 12.1 Å². The van der Waals surface area contributed by atoms with Crippen molar-refractivity contribution >= 4 is 39.4 Å². The molecule has 1 atom stereocenters. The molecule has 0 aliphatic carbocycles. The maximum absolute atomic E-state index is 12.5. The van der Waals surface area contributed by atoms with Crippen molar-refractivity contribution in [3.05, 3.63) is 59.7 Å². The molecule has 0 aromatic heterocycles. The molecule has 2 aromatic rings. The largest absolute Gasteiger partial charge is 0.338 e. The first-order valence-electron chi connectivity index (χ1n) is 8.79. The molecule has 1 unspecified atom stereocenters. The molecule has 0 bridgehead atoms. The number of hydrogen-bond acceptors (Lipinski definition) is 7. The molecule has 2 heterocycles. The molecule has 0 saturated carbocycles. The van der Waals surface area contributed by atoms with Gasteiger partial charge in [-0.15, -0.1) is 0 Å². The number of rotatable bonds is 4. The molecule has 2 aliphatic rings. The second-order valence-corrected chi connectivity index (χ2v) is 8.37. The van der Waals surface area contributed by atoms with E-state index in [1.165, 1.54) is 41.3 Å². The number of amides is 3. The van der Waals surface area contributed by atoms with Crippen LogP contribution in [-0.4, -0.2) is 43.7 Å². The second-order valence-electron chi connectivity index (χ2n) is 6.81. The van der Waals surface area contributed by atoms with E-state index in [-0.39, 0.29) is 34.7 Å². The predicted molar refractivity (Wildman–Crippen MR) is 101 cm³/mol. The highest BCUT2D eigenvalue weighted by molar-refractivity contribution is 7.89. The number of fused-ring (bicyclic) bond motifs is 1. The van der Waals surface area contributed by atoms with Gasteiger partial charge < -0.3 is 9.74 Å². The van der Waals surface area contributed by atoms with Crippen LogP contribution in [0.25, 0.3) is 0 Å². The minimum absolute atomic E-state index is 0.102. The average Bonchev–Trinajstić information content (AvgIpc) is 3.21. The number of benzene rings is 2. The van der Waals surface area contributed by atoms with Crippen LogP contribution in [0.3, 0.4) is 0 Å². The van der Waals surface area contributed by atoms with Crippen LogP contribution in [0.5, 0.6) is 0 Å². The Bertz CT molecular complexity index is 1170. The van der Waals surface area contributed by atoms with Crippen LogP contribution in [0.4, 0.5) is 5.69 Å². The second kappa shape index (κ2) is 7.04. The summed E-state index contributed by atoms with van der Waals surface area (Å²) in [5.41, 5.74) is 0.501. The standard InChI is InChI=1S/C19H15N3O7S/c20-30(27,28)13-5-3-4-12(9-13)21-10-11(8-16(21)23)19(26)29-22-17(24)14-6-1-2-7-15(14)18(22)25/h1-7,9,11H,8,10H2,(H2,20,27,28). The summed E-state index contributed by atoms with van der Waals surface area (Å²) in [5.74, 6) is -3.81. The number of nitrogens with two attached hydrogens (primary N) is 1. The van der Waals surface area contributed by atoms with E-state index in [4.69, 9.17) is 9.98 Å². The van der Waals surface area contributed by atoms with Crippen LogP contribution in [0.15, 0.2) is 53.4 Å². The first-order valence-corrected chi connectivity index (χ1v) is 10.3. The van der Waals surface area contributed by atoms with E-state index in [1.807, 2.05) is 0 Å². The van der Waals surface area contributed by atoms with Gasteiger partial charge >= 0.3 is 5.97 Å². The van der Waals surface area contributed by atoms with Gasteiger partial charge in [0.2, 0.25) is 15.9 Å². The molecule has 154 valence electrons. The summed E-state index contributed by atoms with van der Waals surface area (Å²) in [5, 5.41) is 5.50. The Labute approximate surface area is 170 Å². The van der Waals surface area contributed by atoms with Crippen LogP contribution in [0, 0.1) is 5.92 Å². The van der Waals surface area contributed by atoms with Gasteiger partial charge in [0.15, 0.2) is 0 Å². The highest BCUT2D eigenvalue weighted by atomic mass is 32.2. The number of primary sulfonamides is 1. The number of sulfonamides is 1. The lowest BCUT2D eigenvalue weighted by Crippen LogP contribution is -2.36. The van der Waals surface area contributed by atoms with Gasteiger partial charge in [0, 0.05) is 18.7 Å². The maximum atomic E-state index is 12.5. The Hall–Kier alpha value is -3.57. The number of nitrogens with zero attached hydrogens (tertiary/aromatic N) is 2. The summed E-state index contributed by atoms with van der Waals surface area (Å²) in [7, 11) is -3.97. The third-order valence-corrected chi connectivity index (χ3v) is 5.77. The smallest absolute Gasteiger partial charge is 0.329 e. The zero-order valence-electron chi connectivity index (χ0n) is 15.3. The van der Waals surface area contributed by atoms with Gasteiger partial charge in [-0.25, -0.2) is 18.4 Å². The van der Waals surface area contributed by atoms with E-state index in [9.17, 15) is 27.6 Å². The first-order chi connectivity index (χ1) is 14.2. The summed E-state index contributed by atoms with van der Waals surface area (Å²) in [6, 6.07) is 11.5. The minimum atomic E-state index is -3.97. The van der Waals surface area contributed by atoms with Gasteiger partial charge in [0.1, 0.15) is 0 Å². The quantitative estimate of drug-likeness (QED) is 0.694. The molecule has 1 saturated heterocycles. The third kappa shape index (κ3) is 3.33. The maximum Gasteiger partial charge on any atom is 0.338 e.